The second kappa shape index (κ2) is 17.6. The Balaban J connectivity index is 1.64. The second-order valence-corrected chi connectivity index (χ2v) is 7.97. The Morgan fingerprint density at radius 1 is 0.944 bits per heavy atom. The van der Waals surface area contributed by atoms with Crippen molar-refractivity contribution in [3.63, 3.8) is 0 Å². The van der Waals surface area contributed by atoms with Gasteiger partial charge in [-0.15, -0.1) is 0 Å². The van der Waals surface area contributed by atoms with Gasteiger partial charge in [-0.25, -0.2) is 0 Å². The largest absolute Gasteiger partial charge is 0.382 e. The minimum absolute atomic E-state index is 0.204. The molecule has 1 aliphatic heterocycles. The van der Waals surface area contributed by atoms with Crippen LogP contribution in [0.4, 0.5) is 5.69 Å². The van der Waals surface area contributed by atoms with E-state index in [-0.39, 0.29) is 24.7 Å². The molecule has 200 valence electrons. The molecule has 1 heterocycles. The van der Waals surface area contributed by atoms with Crippen LogP contribution < -0.4 is 10.6 Å². The van der Waals surface area contributed by atoms with E-state index in [0.717, 1.165) is 23.8 Å². The molecule has 1 unspecified atom stereocenters. The minimum Gasteiger partial charge on any atom is -0.382 e. The van der Waals surface area contributed by atoms with E-state index in [1.54, 1.807) is 12.1 Å². The molecular formula is C25H37N3O8. The van der Waals surface area contributed by atoms with Gasteiger partial charge in [0.25, 0.3) is 5.91 Å². The lowest BCUT2D eigenvalue weighted by Crippen LogP contribution is -2.46. The van der Waals surface area contributed by atoms with Gasteiger partial charge in [0.05, 0.1) is 52.9 Å². The minimum atomic E-state index is -0.691. The summed E-state index contributed by atoms with van der Waals surface area (Å²) < 4.78 is 21.6. The number of rotatable bonds is 21. The number of nitrogens with zero attached hydrogens (tertiary/aromatic N) is 1. The highest BCUT2D eigenvalue weighted by molar-refractivity contribution is 6.02. The molecule has 0 saturated carbocycles. The number of hydrogen-bond donors (Lipinski definition) is 2. The van der Waals surface area contributed by atoms with Crippen LogP contribution in [0.2, 0.25) is 0 Å². The fourth-order valence-corrected chi connectivity index (χ4v) is 3.74. The molecule has 0 bridgehead atoms. The van der Waals surface area contributed by atoms with Crippen LogP contribution in [0.5, 0.6) is 0 Å². The smallest absolute Gasteiger partial charge is 0.255 e. The number of carbonyl (C=O) groups is 4. The van der Waals surface area contributed by atoms with Gasteiger partial charge in [-0.05, 0) is 18.6 Å². The van der Waals surface area contributed by atoms with Gasteiger partial charge in [-0.2, -0.15) is 0 Å². The highest BCUT2D eigenvalue weighted by Gasteiger charge is 2.36. The highest BCUT2D eigenvalue weighted by atomic mass is 16.6. The van der Waals surface area contributed by atoms with Crippen LogP contribution in [0.3, 0.4) is 0 Å². The van der Waals surface area contributed by atoms with Crippen LogP contribution in [0, 0.1) is 0 Å². The SMILES string of the molecule is CNC(=O)C(CCC=O)N1Cc2c(NCCOCCOCCOCCOCCC=O)cccc2C1=O. The molecule has 1 aromatic carbocycles. The van der Waals surface area contributed by atoms with Crippen molar-refractivity contribution in [2.75, 3.05) is 71.8 Å². The van der Waals surface area contributed by atoms with E-state index in [2.05, 4.69) is 10.6 Å². The van der Waals surface area contributed by atoms with Crippen LogP contribution in [0.25, 0.3) is 0 Å². The lowest BCUT2D eigenvalue weighted by molar-refractivity contribution is -0.125. The highest BCUT2D eigenvalue weighted by Crippen LogP contribution is 2.31. The van der Waals surface area contributed by atoms with Crippen LogP contribution in [0.1, 0.15) is 35.2 Å². The third-order valence-corrected chi connectivity index (χ3v) is 5.54. The molecule has 2 amide bonds. The topological polar surface area (TPSA) is 132 Å². The molecule has 2 N–H and O–H groups in total. The van der Waals surface area contributed by atoms with Gasteiger partial charge in [-0.1, -0.05) is 6.07 Å². The molecule has 1 atom stereocenters. The summed E-state index contributed by atoms with van der Waals surface area (Å²) in [7, 11) is 1.52. The van der Waals surface area contributed by atoms with Crippen molar-refractivity contribution in [1.29, 1.82) is 0 Å². The van der Waals surface area contributed by atoms with Crippen LogP contribution in [0.15, 0.2) is 18.2 Å². The van der Waals surface area contributed by atoms with Crippen molar-refractivity contribution in [3.05, 3.63) is 29.3 Å². The number of nitrogens with one attached hydrogen (secondary N) is 2. The number of hydrogen-bond acceptors (Lipinski definition) is 9. The van der Waals surface area contributed by atoms with E-state index in [1.165, 1.54) is 11.9 Å². The second-order valence-electron chi connectivity index (χ2n) is 7.97. The molecule has 0 fully saturated rings. The number of amides is 2. The summed E-state index contributed by atoms with van der Waals surface area (Å²) in [6.07, 6.45) is 2.46. The number of carbonyl (C=O) groups excluding carboxylic acids is 4. The Hall–Kier alpha value is -2.86. The van der Waals surface area contributed by atoms with Gasteiger partial charge in [0, 0.05) is 49.8 Å². The molecule has 0 spiro atoms. The Kier molecular flexibility index (Phi) is 14.3. The van der Waals surface area contributed by atoms with Gasteiger partial charge in [0.1, 0.15) is 18.6 Å². The van der Waals surface area contributed by atoms with E-state index < -0.39 is 6.04 Å². The number of fused-ring (bicyclic) bond motifs is 1. The monoisotopic (exact) mass is 507 g/mol. The molecule has 36 heavy (non-hydrogen) atoms. The molecule has 1 aliphatic rings. The third kappa shape index (κ3) is 9.65. The number of aldehydes is 2. The van der Waals surface area contributed by atoms with Gasteiger partial charge >= 0.3 is 0 Å². The van der Waals surface area contributed by atoms with Crippen molar-refractivity contribution >= 4 is 30.1 Å². The molecule has 11 nitrogen and oxygen atoms in total. The maximum atomic E-state index is 13.0. The standard InChI is InChI=1S/C25H37N3O8/c1-26-24(31)23(7-3-9-29)28-19-21-20(25(28)32)5-2-6-22(21)27-8-12-34-14-16-36-18-17-35-15-13-33-11-4-10-30/h2,5-6,9-10,23,27H,3-4,7-8,11-19H2,1H3,(H,26,31). The Morgan fingerprint density at radius 2 is 1.56 bits per heavy atom. The molecule has 0 aromatic heterocycles. The Bertz CT molecular complexity index is 836. The Morgan fingerprint density at radius 3 is 2.17 bits per heavy atom. The summed E-state index contributed by atoms with van der Waals surface area (Å²) in [5, 5.41) is 5.89. The van der Waals surface area contributed by atoms with Crippen molar-refractivity contribution in [2.24, 2.45) is 0 Å². The average Bonchev–Trinajstić information content (AvgIpc) is 3.23. The molecular weight excluding hydrogens is 470 g/mol. The first kappa shape index (κ1) is 29.4. The lowest BCUT2D eigenvalue weighted by Gasteiger charge is -2.25. The summed E-state index contributed by atoms with van der Waals surface area (Å²) >= 11 is 0. The third-order valence-electron chi connectivity index (χ3n) is 5.54. The van der Waals surface area contributed by atoms with E-state index >= 15 is 0 Å². The number of likely N-dealkylation sites (N-methyl/N-ethyl adjacent to an activating group) is 1. The van der Waals surface area contributed by atoms with Crippen molar-refractivity contribution < 1.29 is 38.1 Å². The normalized spacial score (nSPS) is 13.4. The lowest BCUT2D eigenvalue weighted by atomic mass is 10.1. The summed E-state index contributed by atoms with van der Waals surface area (Å²) in [6, 6.07) is 4.76. The van der Waals surface area contributed by atoms with Crippen LogP contribution in [-0.4, -0.2) is 102 Å². The molecule has 2 rings (SSSR count). The zero-order chi connectivity index (χ0) is 26.0. The summed E-state index contributed by atoms with van der Waals surface area (Å²) in [6.45, 7) is 4.45. The maximum Gasteiger partial charge on any atom is 0.255 e. The van der Waals surface area contributed by atoms with E-state index in [9.17, 15) is 19.2 Å². The number of benzene rings is 1. The molecule has 11 heteroatoms. The zero-order valence-electron chi connectivity index (χ0n) is 20.9. The zero-order valence-corrected chi connectivity index (χ0v) is 20.9. The van der Waals surface area contributed by atoms with Gasteiger partial charge < -0.3 is 44.1 Å². The quantitative estimate of drug-likeness (QED) is 0.183. The van der Waals surface area contributed by atoms with Gasteiger partial charge in [0.15, 0.2) is 0 Å². The summed E-state index contributed by atoms with van der Waals surface area (Å²) in [4.78, 5) is 47.8. The molecule has 0 radical (unpaired) electrons. The molecule has 0 saturated heterocycles. The average molecular weight is 508 g/mol. The maximum absolute atomic E-state index is 13.0. The Labute approximate surface area is 211 Å². The van der Waals surface area contributed by atoms with Gasteiger partial charge in [0.2, 0.25) is 5.91 Å². The number of ether oxygens (including phenoxy) is 4. The predicted molar refractivity (Wildman–Crippen MR) is 132 cm³/mol. The van der Waals surface area contributed by atoms with E-state index in [0.29, 0.717) is 77.9 Å². The van der Waals surface area contributed by atoms with Gasteiger partial charge in [-0.3, -0.25) is 9.59 Å². The van der Waals surface area contributed by atoms with Crippen LogP contribution >= 0.6 is 0 Å². The fraction of sp³-hybridized carbons (Fsp3) is 0.600. The first-order chi connectivity index (χ1) is 17.6. The van der Waals surface area contributed by atoms with Crippen molar-refractivity contribution in [1.82, 2.24) is 10.2 Å². The van der Waals surface area contributed by atoms with Crippen molar-refractivity contribution in [2.45, 2.75) is 31.8 Å². The fourth-order valence-electron chi connectivity index (χ4n) is 3.74. The number of anilines is 1. The molecule has 1 aromatic rings. The first-order valence-corrected chi connectivity index (χ1v) is 12.2. The molecule has 0 aliphatic carbocycles. The summed E-state index contributed by atoms with van der Waals surface area (Å²) in [5.41, 5.74) is 2.21. The van der Waals surface area contributed by atoms with E-state index in [4.69, 9.17) is 18.9 Å². The van der Waals surface area contributed by atoms with E-state index in [1.807, 2.05) is 6.07 Å². The first-order valence-electron chi connectivity index (χ1n) is 12.2. The predicted octanol–water partition coefficient (Wildman–Crippen LogP) is 0.803. The summed E-state index contributed by atoms with van der Waals surface area (Å²) in [5.74, 6) is -0.495. The van der Waals surface area contributed by atoms with Crippen LogP contribution in [-0.2, 0) is 39.9 Å². The van der Waals surface area contributed by atoms with Crippen molar-refractivity contribution in [3.8, 4) is 0 Å².